The van der Waals surface area contributed by atoms with E-state index in [4.69, 9.17) is 17.4 Å². The van der Waals surface area contributed by atoms with Gasteiger partial charge in [-0.15, -0.1) is 0 Å². The van der Waals surface area contributed by atoms with Crippen molar-refractivity contribution in [3.05, 3.63) is 240 Å². The van der Waals surface area contributed by atoms with Gasteiger partial charge >= 0.3 is 11.9 Å². The number of esters is 2. The number of ether oxygens (including phenoxy) is 2. The number of isocyanates is 1. The molecule has 6 aromatic rings. The maximum Gasteiger partial charge on any atom is 0.333 e. The van der Waals surface area contributed by atoms with E-state index in [0.717, 1.165) is 16.7 Å². The molecule has 0 aliphatic heterocycles. The van der Waals surface area contributed by atoms with Crippen molar-refractivity contribution < 1.29 is 28.7 Å². The minimum Gasteiger partial charge on any atom is -0.460 e. The zero-order valence-corrected chi connectivity index (χ0v) is 36.5. The molecule has 0 radical (unpaired) electrons. The summed E-state index contributed by atoms with van der Waals surface area (Å²) in [4.78, 5) is 48.0. The molecule has 0 unspecified atom stereocenters. The molecule has 1 amide bonds. The van der Waals surface area contributed by atoms with E-state index in [1.54, 1.807) is 13.8 Å². The van der Waals surface area contributed by atoms with Gasteiger partial charge in [0.05, 0.1) is 17.8 Å². The van der Waals surface area contributed by atoms with Gasteiger partial charge in [-0.25, -0.2) is 19.4 Å². The third-order valence-electron chi connectivity index (χ3n) is 9.16. The average Bonchev–Trinajstić information content (AvgIpc) is 3.32. The zero-order valence-electron chi connectivity index (χ0n) is 34.8. The molecule has 0 atom stereocenters. The van der Waals surface area contributed by atoms with Crippen molar-refractivity contribution in [1.29, 1.82) is 0 Å². The molecular formula is C54H58N2O6S2. The zero-order chi connectivity index (χ0) is 44.6. The summed E-state index contributed by atoms with van der Waals surface area (Å²) in [6, 6.07) is 61.2. The second-order valence-electron chi connectivity index (χ2n) is 13.7. The summed E-state index contributed by atoms with van der Waals surface area (Å²) in [7, 11) is 0. The summed E-state index contributed by atoms with van der Waals surface area (Å²) in [5, 5.41) is 2.65. The Labute approximate surface area is 389 Å². The van der Waals surface area contributed by atoms with Crippen LogP contribution in [0.3, 0.4) is 0 Å². The molecule has 0 bridgehead atoms. The molecule has 0 aliphatic rings. The van der Waals surface area contributed by atoms with Crippen LogP contribution in [-0.4, -0.2) is 49.6 Å². The Hall–Kier alpha value is -6.71. The highest BCUT2D eigenvalue weighted by Crippen LogP contribution is 2.48. The molecule has 0 aromatic heterocycles. The van der Waals surface area contributed by atoms with Crippen molar-refractivity contribution in [3.63, 3.8) is 0 Å². The van der Waals surface area contributed by atoms with Crippen molar-refractivity contribution in [2.75, 3.05) is 26.3 Å². The number of thiol groups is 1. The van der Waals surface area contributed by atoms with Crippen LogP contribution in [0, 0.1) is 0 Å². The lowest BCUT2D eigenvalue weighted by Gasteiger charge is -2.34. The Kier molecular flexibility index (Phi) is 23.4. The van der Waals surface area contributed by atoms with Crippen LogP contribution in [0.4, 0.5) is 4.79 Å². The molecule has 0 fully saturated rings. The Morgan fingerprint density at radius 1 is 0.562 bits per heavy atom. The molecule has 6 rings (SSSR count). The number of hydrogen-bond acceptors (Lipinski definition) is 9. The maximum absolute atomic E-state index is 13.1. The number of nitrogens with one attached hydrogen (secondary N) is 1. The van der Waals surface area contributed by atoms with E-state index >= 15 is 0 Å². The van der Waals surface area contributed by atoms with E-state index in [1.165, 1.54) is 34.5 Å². The molecular weight excluding hydrogens is 837 g/mol. The lowest BCUT2D eigenvalue weighted by molar-refractivity contribution is -0.139. The lowest BCUT2D eigenvalue weighted by Crippen LogP contribution is -2.32. The van der Waals surface area contributed by atoms with Gasteiger partial charge in [-0.1, -0.05) is 210 Å². The summed E-state index contributed by atoms with van der Waals surface area (Å²) < 4.78 is 8.51. The van der Waals surface area contributed by atoms with Gasteiger partial charge in [0.15, 0.2) is 0 Å². The minimum absolute atomic E-state index is 0. The van der Waals surface area contributed by atoms with Crippen molar-refractivity contribution in [3.8, 4) is 0 Å². The topological polar surface area (TPSA) is 111 Å². The average molecular weight is 895 g/mol. The second kappa shape index (κ2) is 28.1. The van der Waals surface area contributed by atoms with Gasteiger partial charge in [-0.3, -0.25) is 4.79 Å². The molecule has 0 aliphatic carbocycles. The van der Waals surface area contributed by atoms with E-state index in [2.05, 4.69) is 101 Å². The summed E-state index contributed by atoms with van der Waals surface area (Å²) >= 11 is 6.30. The standard InChI is InChI=1S/C26H25NO3S.C19H16S.C7H9NO3.2CH4/c1-20(2)24(28)30-19-18-27-25(29)31-26(21-12-6-3-7-13-21,22-14-8-4-9-15-22)23-16-10-5-11-17-23;20-19(16-10-4-1-5-11-16,17-12-6-2-7-13-17)18-14-8-3-9-15-18;1-6(2)7(10)11-4-3-8-5-9;;/h3-17H,1,18-19H2,2H3,(H,27,29);1-15,20H;1,3-4H2,2H3;2*1H4. The smallest absolute Gasteiger partial charge is 0.333 e. The molecule has 0 heterocycles. The molecule has 10 heteroatoms. The Morgan fingerprint density at radius 3 is 1.16 bits per heavy atom. The van der Waals surface area contributed by atoms with Crippen molar-refractivity contribution >= 4 is 47.6 Å². The number of nitrogens with zero attached hydrogens (tertiary/aromatic N) is 1. The van der Waals surface area contributed by atoms with E-state index in [1.807, 2.05) is 109 Å². The first kappa shape index (κ1) is 53.4. The van der Waals surface area contributed by atoms with Gasteiger partial charge in [0.1, 0.15) is 18.0 Å². The quantitative estimate of drug-likeness (QED) is 0.0201. The molecule has 332 valence electrons. The highest BCUT2D eigenvalue weighted by Gasteiger charge is 2.39. The number of carbonyl (C=O) groups excluding carboxylic acids is 4. The Balaban J connectivity index is 0.000000366. The number of aliphatic imine (C=N–C) groups is 1. The first-order valence-electron chi connectivity index (χ1n) is 19.7. The number of hydrogen-bond donors (Lipinski definition) is 2. The van der Waals surface area contributed by atoms with Gasteiger partial charge in [0, 0.05) is 11.1 Å². The molecule has 0 saturated carbocycles. The normalized spacial score (nSPS) is 10.2. The van der Waals surface area contributed by atoms with Crippen LogP contribution in [0.1, 0.15) is 62.1 Å². The van der Waals surface area contributed by atoms with E-state index in [0.29, 0.717) is 11.1 Å². The lowest BCUT2D eigenvalue weighted by atomic mass is 9.84. The van der Waals surface area contributed by atoms with Crippen molar-refractivity contribution in [2.24, 2.45) is 4.99 Å². The van der Waals surface area contributed by atoms with Crippen LogP contribution in [0.15, 0.2) is 211 Å². The third kappa shape index (κ3) is 15.3. The SMILES string of the molecule is C.C.C=C(C)C(=O)OCCN=C=O.C=C(C)C(=O)OCCNC(=O)SC(c1ccccc1)(c1ccccc1)c1ccccc1.SC(c1ccccc1)(c1ccccc1)c1ccccc1. The monoisotopic (exact) mass is 894 g/mol. The van der Waals surface area contributed by atoms with Crippen LogP contribution >= 0.6 is 24.4 Å². The molecule has 64 heavy (non-hydrogen) atoms. The van der Waals surface area contributed by atoms with E-state index in [9.17, 15) is 19.2 Å². The number of carbonyl (C=O) groups is 3. The fourth-order valence-electron chi connectivity index (χ4n) is 6.18. The second-order valence-corrected chi connectivity index (χ2v) is 15.6. The van der Waals surface area contributed by atoms with Crippen LogP contribution < -0.4 is 5.32 Å². The summed E-state index contributed by atoms with van der Waals surface area (Å²) in [6.45, 7) is 10.6. The largest absolute Gasteiger partial charge is 0.460 e. The predicted molar refractivity (Wildman–Crippen MR) is 266 cm³/mol. The molecule has 6 aromatic carbocycles. The summed E-state index contributed by atoms with van der Waals surface area (Å²) in [6.07, 6.45) is 1.33. The van der Waals surface area contributed by atoms with Crippen LogP contribution in [0.5, 0.6) is 0 Å². The highest BCUT2D eigenvalue weighted by atomic mass is 32.2. The number of benzene rings is 6. The van der Waals surface area contributed by atoms with Crippen molar-refractivity contribution in [1.82, 2.24) is 5.32 Å². The molecule has 8 nitrogen and oxygen atoms in total. The summed E-state index contributed by atoms with van der Waals surface area (Å²) in [5.74, 6) is -0.930. The third-order valence-corrected chi connectivity index (χ3v) is 11.3. The number of amides is 1. The fraction of sp³-hybridized carbons (Fsp3) is 0.185. The van der Waals surface area contributed by atoms with Gasteiger partial charge in [0.25, 0.3) is 5.24 Å². The van der Waals surface area contributed by atoms with E-state index in [-0.39, 0.29) is 46.4 Å². The van der Waals surface area contributed by atoms with Gasteiger partial charge in [-0.2, -0.15) is 12.6 Å². The number of thioether (sulfide) groups is 1. The van der Waals surface area contributed by atoms with Crippen LogP contribution in [-0.2, 0) is 33.4 Å². The first-order chi connectivity index (χ1) is 30.0. The maximum atomic E-state index is 13.1. The van der Waals surface area contributed by atoms with Crippen LogP contribution in [0.25, 0.3) is 0 Å². The van der Waals surface area contributed by atoms with E-state index < -0.39 is 21.4 Å². The van der Waals surface area contributed by atoms with Gasteiger partial charge < -0.3 is 14.8 Å². The minimum atomic E-state index is -0.734. The van der Waals surface area contributed by atoms with Crippen molar-refractivity contribution in [2.45, 2.75) is 38.2 Å². The molecule has 1 N–H and O–H groups in total. The predicted octanol–water partition coefficient (Wildman–Crippen LogP) is 12.2. The highest BCUT2D eigenvalue weighted by molar-refractivity contribution is 8.14. The molecule has 0 saturated heterocycles. The number of rotatable bonds is 15. The Bertz CT molecular complexity index is 2180. The van der Waals surface area contributed by atoms with Gasteiger partial charge in [-0.05, 0) is 59.0 Å². The van der Waals surface area contributed by atoms with Gasteiger partial charge in [0.2, 0.25) is 6.08 Å². The fourth-order valence-corrected chi connectivity index (χ4v) is 7.84. The summed E-state index contributed by atoms with van der Waals surface area (Å²) in [5.41, 5.74) is 7.21. The molecule has 0 spiro atoms. The van der Waals surface area contributed by atoms with Crippen LogP contribution in [0.2, 0.25) is 0 Å². The first-order valence-corrected chi connectivity index (χ1v) is 21.0. The Morgan fingerprint density at radius 2 is 0.859 bits per heavy atom.